The molecule has 9 heteroatoms. The maximum absolute atomic E-state index is 12.3. The zero-order valence-corrected chi connectivity index (χ0v) is 18.9. The van der Waals surface area contributed by atoms with Gasteiger partial charge in [0.05, 0.1) is 25.2 Å². The third-order valence-electron chi connectivity index (χ3n) is 5.00. The maximum atomic E-state index is 12.3. The predicted octanol–water partition coefficient (Wildman–Crippen LogP) is 2.71. The molecule has 0 aromatic heterocycles. The van der Waals surface area contributed by atoms with Gasteiger partial charge in [-0.3, -0.25) is 4.79 Å². The molecule has 1 saturated carbocycles. The van der Waals surface area contributed by atoms with E-state index in [-0.39, 0.29) is 29.5 Å². The molecule has 1 amide bonds. The maximum Gasteiger partial charge on any atom is 0.258 e. The van der Waals surface area contributed by atoms with Crippen molar-refractivity contribution in [2.75, 3.05) is 20.8 Å². The fourth-order valence-corrected chi connectivity index (χ4v) is 4.46. The van der Waals surface area contributed by atoms with Crippen LogP contribution in [0.5, 0.6) is 17.2 Å². The van der Waals surface area contributed by atoms with Crippen LogP contribution in [0.15, 0.2) is 41.3 Å². The van der Waals surface area contributed by atoms with E-state index in [1.54, 1.807) is 39.3 Å². The summed E-state index contributed by atoms with van der Waals surface area (Å²) in [5, 5.41) is 2.87. The fraction of sp³-hybridized carbons (Fsp3) is 0.409. The highest BCUT2D eigenvalue weighted by Gasteiger charge is 2.28. The first-order valence-electron chi connectivity index (χ1n) is 10.0. The Labute approximate surface area is 182 Å². The van der Waals surface area contributed by atoms with Crippen molar-refractivity contribution in [2.45, 2.75) is 43.7 Å². The van der Waals surface area contributed by atoms with E-state index in [9.17, 15) is 13.2 Å². The van der Waals surface area contributed by atoms with Crippen molar-refractivity contribution in [3.8, 4) is 17.2 Å². The number of ether oxygens (including phenoxy) is 3. The minimum absolute atomic E-state index is 0.0394. The number of sulfonamides is 1. The van der Waals surface area contributed by atoms with Crippen molar-refractivity contribution in [3.05, 3.63) is 47.5 Å². The van der Waals surface area contributed by atoms with Crippen LogP contribution in [-0.2, 0) is 14.8 Å². The second-order valence-corrected chi connectivity index (χ2v) is 9.23. The minimum Gasteiger partial charge on any atom is -0.493 e. The summed E-state index contributed by atoms with van der Waals surface area (Å²) in [6.45, 7) is 3.41. The van der Waals surface area contributed by atoms with Crippen LogP contribution in [-0.4, -0.2) is 41.2 Å². The van der Waals surface area contributed by atoms with Gasteiger partial charge < -0.3 is 19.5 Å². The fourth-order valence-electron chi connectivity index (χ4n) is 3.07. The number of rotatable bonds is 10. The molecule has 31 heavy (non-hydrogen) atoms. The summed E-state index contributed by atoms with van der Waals surface area (Å²) in [6.07, 6.45) is 1.74. The molecule has 0 heterocycles. The molecule has 0 saturated heterocycles. The summed E-state index contributed by atoms with van der Waals surface area (Å²) in [7, 11) is -0.411. The van der Waals surface area contributed by atoms with Crippen LogP contribution in [0.4, 0.5) is 0 Å². The Morgan fingerprint density at radius 1 is 1.06 bits per heavy atom. The molecule has 0 bridgehead atoms. The van der Waals surface area contributed by atoms with Crippen molar-refractivity contribution in [1.82, 2.24) is 10.0 Å². The van der Waals surface area contributed by atoms with Gasteiger partial charge >= 0.3 is 0 Å². The molecule has 0 radical (unpaired) electrons. The van der Waals surface area contributed by atoms with Gasteiger partial charge in [0.2, 0.25) is 10.0 Å². The summed E-state index contributed by atoms with van der Waals surface area (Å²) in [5.41, 5.74) is 1.50. The van der Waals surface area contributed by atoms with E-state index in [0.717, 1.165) is 18.4 Å². The second kappa shape index (κ2) is 9.57. The number of hydrogen-bond acceptors (Lipinski definition) is 6. The van der Waals surface area contributed by atoms with Crippen molar-refractivity contribution in [1.29, 1.82) is 0 Å². The van der Waals surface area contributed by atoms with E-state index in [1.165, 1.54) is 6.07 Å². The lowest BCUT2D eigenvalue weighted by Crippen LogP contribution is -2.31. The average Bonchev–Trinajstić information content (AvgIpc) is 3.55. The zero-order valence-electron chi connectivity index (χ0n) is 18.1. The summed E-state index contributed by atoms with van der Waals surface area (Å²) in [4.78, 5) is 12.5. The standard InChI is InChI=1S/C22H28N2O6S/c1-14-11-18(31(26,27)24-17-6-7-17)8-10-19(14)30-13-22(25)23-15(2)16-5-9-20(28-3)21(12-16)29-4/h5,8-12,15,17,24H,6-7,13H2,1-4H3,(H,23,25)/t15-/m0/s1. The molecule has 0 aliphatic heterocycles. The van der Waals surface area contributed by atoms with E-state index in [1.807, 2.05) is 19.1 Å². The molecule has 3 rings (SSSR count). The molecule has 0 spiro atoms. The first kappa shape index (κ1) is 22.9. The Hall–Kier alpha value is -2.78. The summed E-state index contributed by atoms with van der Waals surface area (Å²) >= 11 is 0. The highest BCUT2D eigenvalue weighted by atomic mass is 32.2. The van der Waals surface area contributed by atoms with Gasteiger partial charge in [0.25, 0.3) is 5.91 Å². The lowest BCUT2D eigenvalue weighted by molar-refractivity contribution is -0.123. The molecular formula is C22H28N2O6S. The molecule has 8 nitrogen and oxygen atoms in total. The van der Waals surface area contributed by atoms with Gasteiger partial charge in [0, 0.05) is 6.04 Å². The van der Waals surface area contributed by atoms with Crippen LogP contribution >= 0.6 is 0 Å². The van der Waals surface area contributed by atoms with Gasteiger partial charge in [-0.1, -0.05) is 6.07 Å². The Morgan fingerprint density at radius 3 is 2.35 bits per heavy atom. The largest absolute Gasteiger partial charge is 0.493 e. The number of carbonyl (C=O) groups excluding carboxylic acids is 1. The van der Waals surface area contributed by atoms with Crippen LogP contribution in [0.1, 0.15) is 36.9 Å². The smallest absolute Gasteiger partial charge is 0.258 e. The Balaban J connectivity index is 1.58. The topological polar surface area (TPSA) is 103 Å². The number of hydrogen-bond donors (Lipinski definition) is 2. The summed E-state index contributed by atoms with van der Waals surface area (Å²) in [5.74, 6) is 1.36. The summed E-state index contributed by atoms with van der Waals surface area (Å²) in [6, 6.07) is 9.82. The van der Waals surface area contributed by atoms with Crippen LogP contribution in [0.3, 0.4) is 0 Å². The molecule has 1 atom stereocenters. The first-order valence-corrected chi connectivity index (χ1v) is 11.5. The molecule has 0 unspecified atom stereocenters. The quantitative estimate of drug-likeness (QED) is 0.579. The Kier molecular flexibility index (Phi) is 7.07. The highest BCUT2D eigenvalue weighted by Crippen LogP contribution is 2.30. The van der Waals surface area contributed by atoms with Crippen LogP contribution in [0.2, 0.25) is 0 Å². The van der Waals surface area contributed by atoms with Gasteiger partial charge in [-0.2, -0.15) is 0 Å². The van der Waals surface area contributed by atoms with E-state index in [0.29, 0.717) is 22.8 Å². The lowest BCUT2D eigenvalue weighted by Gasteiger charge is -2.17. The molecule has 1 fully saturated rings. The van der Waals surface area contributed by atoms with Crippen molar-refractivity contribution >= 4 is 15.9 Å². The van der Waals surface area contributed by atoms with Gasteiger partial charge in [-0.25, -0.2) is 13.1 Å². The normalized spacial score (nSPS) is 14.6. The monoisotopic (exact) mass is 448 g/mol. The van der Waals surface area contributed by atoms with E-state index < -0.39 is 10.0 Å². The third kappa shape index (κ3) is 5.89. The zero-order chi connectivity index (χ0) is 22.6. The molecular weight excluding hydrogens is 420 g/mol. The first-order chi connectivity index (χ1) is 14.7. The predicted molar refractivity (Wildman–Crippen MR) is 116 cm³/mol. The second-order valence-electron chi connectivity index (χ2n) is 7.52. The van der Waals surface area contributed by atoms with Gasteiger partial charge in [-0.05, 0) is 68.1 Å². The minimum atomic E-state index is -3.53. The molecule has 2 N–H and O–H groups in total. The van der Waals surface area contributed by atoms with Gasteiger partial charge in [0.15, 0.2) is 18.1 Å². The molecule has 168 valence electrons. The number of nitrogens with one attached hydrogen (secondary N) is 2. The molecule has 2 aromatic rings. The van der Waals surface area contributed by atoms with Crippen LogP contribution in [0, 0.1) is 6.92 Å². The van der Waals surface area contributed by atoms with Crippen LogP contribution < -0.4 is 24.2 Å². The third-order valence-corrected chi connectivity index (χ3v) is 6.52. The molecule has 1 aliphatic rings. The SMILES string of the molecule is COc1ccc([C@H](C)NC(=O)COc2ccc(S(=O)(=O)NC3CC3)cc2C)cc1OC. The number of aryl methyl sites for hydroxylation is 1. The number of benzene rings is 2. The van der Waals surface area contributed by atoms with Crippen molar-refractivity contribution in [2.24, 2.45) is 0 Å². The average molecular weight is 449 g/mol. The number of methoxy groups -OCH3 is 2. The van der Waals surface area contributed by atoms with Gasteiger partial charge in [0.1, 0.15) is 5.75 Å². The van der Waals surface area contributed by atoms with E-state index >= 15 is 0 Å². The Morgan fingerprint density at radius 2 is 1.74 bits per heavy atom. The van der Waals surface area contributed by atoms with E-state index in [2.05, 4.69) is 10.0 Å². The number of carbonyl (C=O) groups is 1. The van der Waals surface area contributed by atoms with Crippen LogP contribution in [0.25, 0.3) is 0 Å². The van der Waals surface area contributed by atoms with Crippen molar-refractivity contribution in [3.63, 3.8) is 0 Å². The Bertz CT molecular complexity index is 1050. The highest BCUT2D eigenvalue weighted by molar-refractivity contribution is 7.89. The number of amides is 1. The molecule has 1 aliphatic carbocycles. The lowest BCUT2D eigenvalue weighted by atomic mass is 10.1. The van der Waals surface area contributed by atoms with E-state index in [4.69, 9.17) is 14.2 Å². The van der Waals surface area contributed by atoms with Gasteiger partial charge in [-0.15, -0.1) is 0 Å². The summed E-state index contributed by atoms with van der Waals surface area (Å²) < 4.78 is 43.4. The van der Waals surface area contributed by atoms with Crippen molar-refractivity contribution < 1.29 is 27.4 Å². The molecule has 2 aromatic carbocycles.